The van der Waals surface area contributed by atoms with Crippen LogP contribution in [-0.4, -0.2) is 59.0 Å². The molecule has 0 aromatic heterocycles. The zero-order valence-electron chi connectivity index (χ0n) is 10.5. The number of rotatable bonds is 4. The Hall–Kier alpha value is 0.130. The normalized spacial score (nSPS) is 27.5. The van der Waals surface area contributed by atoms with Crippen molar-refractivity contribution in [2.45, 2.75) is 31.8 Å². The predicted octanol–water partition coefficient (Wildman–Crippen LogP) is 1.44. The molecule has 3 nitrogen and oxygen atoms in total. The molecule has 1 N–H and O–H groups in total. The van der Waals surface area contributed by atoms with Crippen LogP contribution in [0.3, 0.4) is 0 Å². The fourth-order valence-electron chi connectivity index (χ4n) is 2.42. The quantitative estimate of drug-likeness (QED) is 0.841. The van der Waals surface area contributed by atoms with E-state index >= 15 is 0 Å². The van der Waals surface area contributed by atoms with E-state index in [0.29, 0.717) is 24.4 Å². The molecule has 2 aliphatic heterocycles. The Bertz CT molecular complexity index is 255. The number of carbonyl (C=O) groups excluding carboxylic acids is 1. The van der Waals surface area contributed by atoms with Crippen LogP contribution in [0.5, 0.6) is 0 Å². The summed E-state index contributed by atoms with van der Waals surface area (Å²) < 4.78 is 0. The van der Waals surface area contributed by atoms with Crippen molar-refractivity contribution < 1.29 is 4.79 Å². The first-order chi connectivity index (χ1) is 8.29. The average molecular weight is 274 g/mol. The second-order valence-electron chi connectivity index (χ2n) is 4.75. The van der Waals surface area contributed by atoms with Gasteiger partial charge in [0, 0.05) is 54.6 Å². The Morgan fingerprint density at radius 1 is 1.29 bits per heavy atom. The van der Waals surface area contributed by atoms with Gasteiger partial charge in [-0.1, -0.05) is 6.92 Å². The van der Waals surface area contributed by atoms with Crippen molar-refractivity contribution in [2.24, 2.45) is 0 Å². The van der Waals surface area contributed by atoms with Crippen LogP contribution in [0, 0.1) is 0 Å². The van der Waals surface area contributed by atoms with Gasteiger partial charge in [0.1, 0.15) is 0 Å². The minimum absolute atomic E-state index is 0.332. The molecule has 0 aliphatic carbocycles. The van der Waals surface area contributed by atoms with Gasteiger partial charge in [-0.2, -0.15) is 23.5 Å². The van der Waals surface area contributed by atoms with E-state index in [9.17, 15) is 4.79 Å². The monoisotopic (exact) mass is 274 g/mol. The van der Waals surface area contributed by atoms with Gasteiger partial charge in [0.15, 0.2) is 0 Å². The maximum absolute atomic E-state index is 11.8. The zero-order valence-corrected chi connectivity index (χ0v) is 12.1. The molecule has 98 valence electrons. The van der Waals surface area contributed by atoms with E-state index in [1.807, 2.05) is 28.4 Å². The van der Waals surface area contributed by atoms with Crippen LogP contribution in [-0.2, 0) is 4.79 Å². The van der Waals surface area contributed by atoms with Gasteiger partial charge in [0.2, 0.25) is 5.91 Å². The third-order valence-electron chi connectivity index (χ3n) is 3.19. The van der Waals surface area contributed by atoms with Crippen LogP contribution in [0.25, 0.3) is 0 Å². The molecule has 0 spiro atoms. The van der Waals surface area contributed by atoms with E-state index in [2.05, 4.69) is 12.2 Å². The number of nitrogens with zero attached hydrogens (tertiary/aromatic N) is 1. The van der Waals surface area contributed by atoms with Crippen LogP contribution < -0.4 is 5.32 Å². The van der Waals surface area contributed by atoms with Gasteiger partial charge in [-0.05, 0) is 6.42 Å². The lowest BCUT2D eigenvalue weighted by atomic mass is 10.2. The molecule has 2 fully saturated rings. The molecule has 1 amide bonds. The standard InChI is InChI=1S/C12H22N2OS2/c1-2-3-14-7-10(6-12(14)15)13-11-8-16-4-5-17-9-11/h10-11,13H,2-9H2,1H3. The topological polar surface area (TPSA) is 32.3 Å². The summed E-state index contributed by atoms with van der Waals surface area (Å²) in [4.78, 5) is 13.8. The fourth-order valence-corrected chi connectivity index (χ4v) is 4.84. The Labute approximate surface area is 112 Å². The molecule has 17 heavy (non-hydrogen) atoms. The van der Waals surface area contributed by atoms with Crippen molar-refractivity contribution in [3.8, 4) is 0 Å². The second-order valence-corrected chi connectivity index (χ2v) is 7.05. The van der Waals surface area contributed by atoms with Crippen molar-refractivity contribution in [3.05, 3.63) is 0 Å². The number of thioether (sulfide) groups is 2. The van der Waals surface area contributed by atoms with Crippen LogP contribution in [0.1, 0.15) is 19.8 Å². The van der Waals surface area contributed by atoms with Crippen molar-refractivity contribution in [3.63, 3.8) is 0 Å². The molecule has 5 heteroatoms. The van der Waals surface area contributed by atoms with Crippen LogP contribution in [0.2, 0.25) is 0 Å². The highest BCUT2D eigenvalue weighted by Gasteiger charge is 2.30. The molecule has 0 bridgehead atoms. The molecule has 2 saturated heterocycles. The molecule has 0 aromatic rings. The smallest absolute Gasteiger partial charge is 0.224 e. The molecule has 2 aliphatic rings. The minimum Gasteiger partial charge on any atom is -0.341 e. The highest BCUT2D eigenvalue weighted by molar-refractivity contribution is 8.03. The van der Waals surface area contributed by atoms with Crippen LogP contribution >= 0.6 is 23.5 Å². The van der Waals surface area contributed by atoms with E-state index in [4.69, 9.17) is 0 Å². The fraction of sp³-hybridized carbons (Fsp3) is 0.917. The number of hydrogen-bond acceptors (Lipinski definition) is 4. The largest absolute Gasteiger partial charge is 0.341 e. The molecule has 0 radical (unpaired) electrons. The minimum atomic E-state index is 0.332. The first-order valence-electron chi connectivity index (χ1n) is 6.49. The van der Waals surface area contributed by atoms with Gasteiger partial charge in [-0.25, -0.2) is 0 Å². The predicted molar refractivity (Wildman–Crippen MR) is 76.8 cm³/mol. The van der Waals surface area contributed by atoms with E-state index in [1.54, 1.807) is 0 Å². The highest BCUT2D eigenvalue weighted by Crippen LogP contribution is 2.19. The first kappa shape index (κ1) is 13.6. The third kappa shape index (κ3) is 4.07. The van der Waals surface area contributed by atoms with Crippen molar-refractivity contribution in [2.75, 3.05) is 36.1 Å². The van der Waals surface area contributed by atoms with Crippen LogP contribution in [0.4, 0.5) is 0 Å². The van der Waals surface area contributed by atoms with Crippen LogP contribution in [0.15, 0.2) is 0 Å². The molecular weight excluding hydrogens is 252 g/mol. The number of amides is 1. The Kier molecular flexibility index (Phi) is 5.50. The van der Waals surface area contributed by atoms with Gasteiger partial charge < -0.3 is 10.2 Å². The lowest BCUT2D eigenvalue weighted by Gasteiger charge is -2.21. The third-order valence-corrected chi connectivity index (χ3v) is 5.71. The number of nitrogens with one attached hydrogen (secondary N) is 1. The lowest BCUT2D eigenvalue weighted by Crippen LogP contribution is -2.42. The van der Waals surface area contributed by atoms with E-state index in [0.717, 1.165) is 19.5 Å². The summed E-state index contributed by atoms with van der Waals surface area (Å²) in [7, 11) is 0. The lowest BCUT2D eigenvalue weighted by molar-refractivity contribution is -0.127. The van der Waals surface area contributed by atoms with Crippen molar-refractivity contribution in [1.82, 2.24) is 10.2 Å². The molecule has 0 aromatic carbocycles. The Morgan fingerprint density at radius 3 is 2.65 bits per heavy atom. The maximum atomic E-state index is 11.8. The van der Waals surface area contributed by atoms with Gasteiger partial charge in [0.25, 0.3) is 0 Å². The average Bonchev–Trinajstić information content (AvgIpc) is 2.54. The number of likely N-dealkylation sites (tertiary alicyclic amines) is 1. The molecule has 1 atom stereocenters. The second kappa shape index (κ2) is 6.90. The zero-order chi connectivity index (χ0) is 12.1. The summed E-state index contributed by atoms with van der Waals surface area (Å²) in [6.45, 7) is 3.97. The summed E-state index contributed by atoms with van der Waals surface area (Å²) in [6.07, 6.45) is 1.76. The summed E-state index contributed by atoms with van der Waals surface area (Å²) in [5, 5.41) is 3.67. The van der Waals surface area contributed by atoms with Gasteiger partial charge in [-0.15, -0.1) is 0 Å². The van der Waals surface area contributed by atoms with E-state index in [1.165, 1.54) is 23.0 Å². The number of hydrogen-bond donors (Lipinski definition) is 1. The molecule has 2 rings (SSSR count). The van der Waals surface area contributed by atoms with Gasteiger partial charge in [0.05, 0.1) is 0 Å². The summed E-state index contributed by atoms with van der Waals surface area (Å²) in [6, 6.07) is 0.977. The molecule has 0 saturated carbocycles. The first-order valence-corrected chi connectivity index (χ1v) is 8.80. The van der Waals surface area contributed by atoms with E-state index in [-0.39, 0.29) is 0 Å². The number of carbonyl (C=O) groups is 1. The van der Waals surface area contributed by atoms with E-state index < -0.39 is 0 Å². The van der Waals surface area contributed by atoms with Crippen molar-refractivity contribution >= 4 is 29.4 Å². The van der Waals surface area contributed by atoms with Crippen molar-refractivity contribution in [1.29, 1.82) is 0 Å². The molecule has 2 heterocycles. The molecular formula is C12H22N2OS2. The Balaban J connectivity index is 1.77. The van der Waals surface area contributed by atoms with Gasteiger partial charge in [-0.3, -0.25) is 4.79 Å². The summed E-state index contributed by atoms with van der Waals surface area (Å²) >= 11 is 4.07. The maximum Gasteiger partial charge on any atom is 0.224 e. The SMILES string of the molecule is CCCN1CC(NC2CSCCSC2)CC1=O. The van der Waals surface area contributed by atoms with Gasteiger partial charge >= 0.3 is 0 Å². The summed E-state index contributed by atoms with van der Waals surface area (Å²) in [5.41, 5.74) is 0. The highest BCUT2D eigenvalue weighted by atomic mass is 32.2. The summed E-state index contributed by atoms with van der Waals surface area (Å²) in [5.74, 6) is 5.28. The Morgan fingerprint density at radius 2 is 2.00 bits per heavy atom. The molecule has 1 unspecified atom stereocenters.